The number of fused-ring (bicyclic) bond motifs is 1. The van der Waals surface area contributed by atoms with Gasteiger partial charge in [0.05, 0.1) is 5.69 Å². The zero-order valence-electron chi connectivity index (χ0n) is 7.86. The highest BCUT2D eigenvalue weighted by molar-refractivity contribution is 7.15. The molecule has 5 heteroatoms. The van der Waals surface area contributed by atoms with Crippen molar-refractivity contribution in [3.63, 3.8) is 0 Å². The number of carbonyl (C=O) groups excluding carboxylic acids is 1. The summed E-state index contributed by atoms with van der Waals surface area (Å²) in [4.78, 5) is 16.9. The van der Waals surface area contributed by atoms with E-state index in [1.165, 1.54) is 11.3 Å². The van der Waals surface area contributed by atoms with Crippen LogP contribution in [0, 0.1) is 6.92 Å². The van der Waals surface area contributed by atoms with Crippen LogP contribution in [0.4, 0.5) is 0 Å². The number of Topliss-reactive ketones (excluding diaryl/α,β-unsaturated/α-hetero) is 1. The highest BCUT2D eigenvalue weighted by atomic mass is 32.1. The topological polar surface area (TPSA) is 60.4 Å². The van der Waals surface area contributed by atoms with Crippen molar-refractivity contribution in [3.05, 3.63) is 23.0 Å². The van der Waals surface area contributed by atoms with Gasteiger partial charge in [0.2, 0.25) is 0 Å². The summed E-state index contributed by atoms with van der Waals surface area (Å²) in [7, 11) is 0. The molecule has 2 aromatic rings. The van der Waals surface area contributed by atoms with Crippen molar-refractivity contribution in [1.82, 2.24) is 9.38 Å². The van der Waals surface area contributed by atoms with Gasteiger partial charge in [-0.15, -0.1) is 11.3 Å². The summed E-state index contributed by atoms with van der Waals surface area (Å²) in [5.74, 6) is 0.0656. The van der Waals surface area contributed by atoms with Crippen molar-refractivity contribution in [2.24, 2.45) is 5.73 Å². The van der Waals surface area contributed by atoms with Gasteiger partial charge < -0.3 is 5.73 Å². The second kappa shape index (κ2) is 3.51. The Kier molecular flexibility index (Phi) is 2.35. The number of nitrogens with zero attached hydrogens (tertiary/aromatic N) is 2. The third kappa shape index (κ3) is 1.34. The quantitative estimate of drug-likeness (QED) is 0.773. The van der Waals surface area contributed by atoms with Crippen LogP contribution < -0.4 is 5.73 Å². The molecular weight excluding hydrogens is 198 g/mol. The molecular formula is C9H11N3OS. The van der Waals surface area contributed by atoms with E-state index in [2.05, 4.69) is 4.98 Å². The van der Waals surface area contributed by atoms with Gasteiger partial charge in [-0.2, -0.15) is 0 Å². The number of thiazole rings is 1. The molecule has 2 heterocycles. The molecule has 2 aromatic heterocycles. The lowest BCUT2D eigenvalue weighted by atomic mass is 10.2. The van der Waals surface area contributed by atoms with Crippen molar-refractivity contribution < 1.29 is 4.79 Å². The van der Waals surface area contributed by atoms with Crippen molar-refractivity contribution in [3.8, 4) is 0 Å². The maximum absolute atomic E-state index is 11.7. The number of imidazole rings is 1. The van der Waals surface area contributed by atoms with Crippen LogP contribution in [0.3, 0.4) is 0 Å². The molecule has 74 valence electrons. The van der Waals surface area contributed by atoms with Crippen LogP contribution in [0.15, 0.2) is 11.6 Å². The van der Waals surface area contributed by atoms with E-state index in [9.17, 15) is 4.79 Å². The third-order valence-corrected chi connectivity index (χ3v) is 2.83. The number of aromatic nitrogens is 2. The molecule has 4 nitrogen and oxygen atoms in total. The molecule has 0 saturated heterocycles. The Morgan fingerprint density at radius 2 is 2.50 bits per heavy atom. The van der Waals surface area contributed by atoms with Crippen LogP contribution in [0.25, 0.3) is 4.96 Å². The molecule has 0 aliphatic heterocycles. The largest absolute Gasteiger partial charge is 0.330 e. The number of carbonyl (C=O) groups is 1. The third-order valence-electron chi connectivity index (χ3n) is 2.07. The predicted octanol–water partition coefficient (Wildman–Crippen LogP) is 1.24. The second-order valence-electron chi connectivity index (χ2n) is 3.06. The van der Waals surface area contributed by atoms with E-state index >= 15 is 0 Å². The summed E-state index contributed by atoms with van der Waals surface area (Å²) in [6.45, 7) is 2.24. The maximum atomic E-state index is 11.7. The van der Waals surface area contributed by atoms with Gasteiger partial charge in [0.25, 0.3) is 0 Å². The van der Waals surface area contributed by atoms with Crippen LogP contribution >= 0.6 is 11.3 Å². The minimum atomic E-state index is 0.0656. The number of nitrogens with two attached hydrogens (primary N) is 1. The van der Waals surface area contributed by atoms with E-state index in [4.69, 9.17) is 5.73 Å². The highest BCUT2D eigenvalue weighted by Gasteiger charge is 2.15. The second-order valence-corrected chi connectivity index (χ2v) is 3.94. The Hall–Kier alpha value is -1.20. The number of hydrogen-bond acceptors (Lipinski definition) is 4. The minimum absolute atomic E-state index is 0.0656. The minimum Gasteiger partial charge on any atom is -0.330 e. The number of hydrogen-bond donors (Lipinski definition) is 1. The molecule has 0 atom stereocenters. The SMILES string of the molecule is Cc1nc2sccn2c1C(=O)CCN. The van der Waals surface area contributed by atoms with E-state index in [1.54, 1.807) is 0 Å². The number of aryl methyl sites for hydroxylation is 1. The van der Waals surface area contributed by atoms with E-state index in [1.807, 2.05) is 22.9 Å². The monoisotopic (exact) mass is 209 g/mol. The van der Waals surface area contributed by atoms with Crippen molar-refractivity contribution in [1.29, 1.82) is 0 Å². The van der Waals surface area contributed by atoms with Gasteiger partial charge in [0.1, 0.15) is 5.69 Å². The average Bonchev–Trinajstić information content (AvgIpc) is 2.63. The smallest absolute Gasteiger partial charge is 0.194 e. The average molecular weight is 209 g/mol. The molecule has 0 amide bonds. The zero-order valence-corrected chi connectivity index (χ0v) is 8.67. The first kappa shape index (κ1) is 9.36. The zero-order chi connectivity index (χ0) is 10.1. The first-order valence-electron chi connectivity index (χ1n) is 4.39. The molecule has 0 aliphatic rings. The summed E-state index contributed by atoms with van der Waals surface area (Å²) < 4.78 is 1.83. The summed E-state index contributed by atoms with van der Waals surface area (Å²) in [6, 6.07) is 0. The first-order valence-corrected chi connectivity index (χ1v) is 5.27. The fourth-order valence-electron chi connectivity index (χ4n) is 1.48. The molecule has 0 bridgehead atoms. The lowest BCUT2D eigenvalue weighted by Crippen LogP contribution is -2.10. The Labute approximate surface area is 85.4 Å². The van der Waals surface area contributed by atoms with Gasteiger partial charge in [0, 0.05) is 18.0 Å². The summed E-state index contributed by atoms with van der Waals surface area (Å²) in [5, 5.41) is 1.92. The van der Waals surface area contributed by atoms with Crippen LogP contribution in [-0.2, 0) is 0 Å². The Bertz CT molecular complexity index is 471. The normalized spacial score (nSPS) is 11.0. The van der Waals surface area contributed by atoms with Gasteiger partial charge in [-0.1, -0.05) is 0 Å². The lowest BCUT2D eigenvalue weighted by Gasteiger charge is -1.97. The molecule has 0 fully saturated rings. The van der Waals surface area contributed by atoms with Gasteiger partial charge in [-0.3, -0.25) is 9.20 Å². The Morgan fingerprint density at radius 1 is 1.71 bits per heavy atom. The molecule has 0 aromatic carbocycles. The molecule has 0 radical (unpaired) electrons. The molecule has 2 N–H and O–H groups in total. The summed E-state index contributed by atoms with van der Waals surface area (Å²) >= 11 is 1.53. The van der Waals surface area contributed by atoms with E-state index in [-0.39, 0.29) is 5.78 Å². The fraction of sp³-hybridized carbons (Fsp3) is 0.333. The molecule has 0 spiro atoms. The summed E-state index contributed by atoms with van der Waals surface area (Å²) in [6.07, 6.45) is 2.24. The Balaban J connectivity index is 2.53. The van der Waals surface area contributed by atoms with Crippen LogP contribution in [0.5, 0.6) is 0 Å². The van der Waals surface area contributed by atoms with Crippen LogP contribution in [0.1, 0.15) is 22.6 Å². The van der Waals surface area contributed by atoms with Gasteiger partial charge in [0.15, 0.2) is 10.7 Å². The fourth-order valence-corrected chi connectivity index (χ4v) is 2.24. The lowest BCUT2D eigenvalue weighted by molar-refractivity contribution is 0.0979. The molecule has 0 aliphatic carbocycles. The van der Waals surface area contributed by atoms with Crippen LogP contribution in [0.2, 0.25) is 0 Å². The molecule has 0 unspecified atom stereocenters. The number of ketones is 1. The molecule has 0 saturated carbocycles. The highest BCUT2D eigenvalue weighted by Crippen LogP contribution is 2.17. The Morgan fingerprint density at radius 3 is 3.21 bits per heavy atom. The van der Waals surface area contributed by atoms with Crippen molar-refractivity contribution in [2.45, 2.75) is 13.3 Å². The van der Waals surface area contributed by atoms with Gasteiger partial charge >= 0.3 is 0 Å². The van der Waals surface area contributed by atoms with Gasteiger partial charge in [-0.05, 0) is 13.5 Å². The van der Waals surface area contributed by atoms with Crippen molar-refractivity contribution >= 4 is 22.1 Å². The van der Waals surface area contributed by atoms with Gasteiger partial charge in [-0.25, -0.2) is 4.98 Å². The van der Waals surface area contributed by atoms with E-state index < -0.39 is 0 Å². The summed E-state index contributed by atoms with van der Waals surface area (Å²) in [5.41, 5.74) is 6.82. The maximum Gasteiger partial charge on any atom is 0.194 e. The number of rotatable bonds is 3. The van der Waals surface area contributed by atoms with Crippen LogP contribution in [-0.4, -0.2) is 21.7 Å². The standard InChI is InChI=1S/C9H11N3OS/c1-6-8(7(13)2-3-10)12-4-5-14-9(12)11-6/h4-5H,2-3,10H2,1H3. The van der Waals surface area contributed by atoms with E-state index in [0.29, 0.717) is 18.7 Å². The molecule has 2 rings (SSSR count). The van der Waals surface area contributed by atoms with Crippen molar-refractivity contribution in [2.75, 3.05) is 6.54 Å². The van der Waals surface area contributed by atoms with E-state index in [0.717, 1.165) is 10.7 Å². The predicted molar refractivity (Wildman–Crippen MR) is 55.8 cm³/mol. The molecule has 14 heavy (non-hydrogen) atoms. The first-order chi connectivity index (χ1) is 6.74.